The van der Waals surface area contributed by atoms with Gasteiger partial charge in [-0.05, 0) is 11.4 Å². The highest BCUT2D eigenvalue weighted by Crippen LogP contribution is 2.27. The summed E-state index contributed by atoms with van der Waals surface area (Å²) >= 11 is 2.92. The molecule has 4 heterocycles. The normalized spacial score (nSPS) is 12.3. The summed E-state index contributed by atoms with van der Waals surface area (Å²) in [5.74, 6) is 0.627. The molecule has 0 spiro atoms. The number of nitrogens with one attached hydrogen (secondary N) is 1. The van der Waals surface area contributed by atoms with Gasteiger partial charge in [0.15, 0.2) is 0 Å². The van der Waals surface area contributed by atoms with Gasteiger partial charge in [0, 0.05) is 12.5 Å². The average molecular weight is 374 g/mol. The minimum atomic E-state index is -0.0906. The zero-order chi connectivity index (χ0) is 17.8. The average Bonchev–Trinajstić information content (AvgIpc) is 3.19. The van der Waals surface area contributed by atoms with Gasteiger partial charge in [-0.2, -0.15) is 0 Å². The van der Waals surface area contributed by atoms with E-state index >= 15 is 0 Å². The number of hydrogen-bond acceptors (Lipinski definition) is 7. The molecule has 0 fully saturated rings. The first kappa shape index (κ1) is 16.2. The van der Waals surface area contributed by atoms with Gasteiger partial charge >= 0.3 is 0 Å². The molecular formula is C16H18N6OS2. The van der Waals surface area contributed by atoms with E-state index in [2.05, 4.69) is 40.8 Å². The Hall–Kier alpha value is -2.26. The molecule has 0 bridgehead atoms. The SMILES string of the molecule is CN(Cc1nc2ccsc2c(=O)[nH]1)c1nn2cc(C(C)(C)C)nc2s1. The van der Waals surface area contributed by atoms with Crippen LogP contribution in [0.5, 0.6) is 0 Å². The van der Waals surface area contributed by atoms with Crippen LogP contribution in [0.4, 0.5) is 5.13 Å². The molecule has 0 aliphatic heterocycles. The standard InChI is InChI=1S/C16H18N6OS2/c1-16(2,3)10-7-22-14(18-10)25-15(20-22)21(4)8-11-17-9-5-6-24-12(9)13(23)19-11/h5-7H,8H2,1-4H3,(H,17,19,23). The molecule has 1 N–H and O–H groups in total. The maximum absolute atomic E-state index is 12.1. The van der Waals surface area contributed by atoms with E-state index in [0.29, 0.717) is 17.1 Å². The van der Waals surface area contributed by atoms with Crippen LogP contribution in [0.3, 0.4) is 0 Å². The van der Waals surface area contributed by atoms with E-state index in [-0.39, 0.29) is 11.0 Å². The summed E-state index contributed by atoms with van der Waals surface area (Å²) < 4.78 is 2.48. The van der Waals surface area contributed by atoms with Crippen LogP contribution in [0.1, 0.15) is 32.3 Å². The van der Waals surface area contributed by atoms with Crippen molar-refractivity contribution < 1.29 is 0 Å². The summed E-state index contributed by atoms with van der Waals surface area (Å²) in [5, 5.41) is 7.31. The van der Waals surface area contributed by atoms with Crippen molar-refractivity contribution in [2.45, 2.75) is 32.7 Å². The van der Waals surface area contributed by atoms with E-state index in [1.165, 1.54) is 22.7 Å². The fraction of sp³-hybridized carbons (Fsp3) is 0.375. The van der Waals surface area contributed by atoms with E-state index in [9.17, 15) is 4.79 Å². The monoisotopic (exact) mass is 374 g/mol. The van der Waals surface area contributed by atoms with Crippen LogP contribution < -0.4 is 10.5 Å². The zero-order valence-electron chi connectivity index (χ0n) is 14.4. The molecule has 0 aromatic carbocycles. The maximum Gasteiger partial charge on any atom is 0.268 e. The van der Waals surface area contributed by atoms with E-state index in [4.69, 9.17) is 0 Å². The minimum Gasteiger partial charge on any atom is -0.342 e. The van der Waals surface area contributed by atoms with Crippen molar-refractivity contribution in [3.05, 3.63) is 39.5 Å². The van der Waals surface area contributed by atoms with E-state index < -0.39 is 0 Å². The molecule has 4 aromatic heterocycles. The summed E-state index contributed by atoms with van der Waals surface area (Å²) in [6.45, 7) is 6.88. The molecule has 4 aromatic rings. The summed E-state index contributed by atoms with van der Waals surface area (Å²) in [7, 11) is 1.93. The molecule has 0 aliphatic carbocycles. The molecule has 25 heavy (non-hydrogen) atoms. The zero-order valence-corrected chi connectivity index (χ0v) is 16.0. The van der Waals surface area contributed by atoms with Gasteiger partial charge in [-0.25, -0.2) is 14.5 Å². The first-order valence-corrected chi connectivity index (χ1v) is 9.55. The Morgan fingerprint density at radius 2 is 2.12 bits per heavy atom. The Kier molecular flexibility index (Phi) is 3.66. The number of aromatic nitrogens is 5. The predicted octanol–water partition coefficient (Wildman–Crippen LogP) is 3.02. The minimum absolute atomic E-state index is 0.00115. The van der Waals surface area contributed by atoms with Crippen molar-refractivity contribution in [1.82, 2.24) is 24.6 Å². The highest BCUT2D eigenvalue weighted by Gasteiger charge is 2.20. The lowest BCUT2D eigenvalue weighted by atomic mass is 9.93. The van der Waals surface area contributed by atoms with Gasteiger partial charge in [0.1, 0.15) is 10.5 Å². The largest absolute Gasteiger partial charge is 0.342 e. The van der Waals surface area contributed by atoms with Crippen LogP contribution in [0.2, 0.25) is 0 Å². The van der Waals surface area contributed by atoms with Crippen LogP contribution in [0.25, 0.3) is 15.2 Å². The smallest absolute Gasteiger partial charge is 0.268 e. The lowest BCUT2D eigenvalue weighted by Crippen LogP contribution is -2.21. The summed E-state index contributed by atoms with van der Waals surface area (Å²) in [6.07, 6.45) is 1.97. The Labute approximate surface area is 152 Å². The third-order valence-corrected chi connectivity index (χ3v) is 5.82. The van der Waals surface area contributed by atoms with Crippen LogP contribution >= 0.6 is 22.7 Å². The Morgan fingerprint density at radius 1 is 1.32 bits per heavy atom. The molecule has 130 valence electrons. The Balaban J connectivity index is 1.61. The molecule has 0 saturated carbocycles. The van der Waals surface area contributed by atoms with E-state index in [1.807, 2.05) is 34.1 Å². The lowest BCUT2D eigenvalue weighted by Gasteiger charge is -2.15. The number of aromatic amines is 1. The fourth-order valence-electron chi connectivity index (χ4n) is 2.49. The number of nitrogens with zero attached hydrogens (tertiary/aromatic N) is 5. The van der Waals surface area contributed by atoms with Gasteiger partial charge in [0.2, 0.25) is 10.1 Å². The highest BCUT2D eigenvalue weighted by molar-refractivity contribution is 7.20. The van der Waals surface area contributed by atoms with Crippen LogP contribution in [0, 0.1) is 0 Å². The second kappa shape index (κ2) is 5.63. The number of rotatable bonds is 3. The predicted molar refractivity (Wildman–Crippen MR) is 102 cm³/mol. The number of hydrogen-bond donors (Lipinski definition) is 1. The number of H-pyrrole nitrogens is 1. The summed E-state index contributed by atoms with van der Waals surface area (Å²) in [6, 6.07) is 1.87. The van der Waals surface area contributed by atoms with Gasteiger partial charge < -0.3 is 9.88 Å². The van der Waals surface area contributed by atoms with E-state index in [0.717, 1.165) is 21.3 Å². The maximum atomic E-state index is 12.1. The summed E-state index contributed by atoms with van der Waals surface area (Å²) in [5.41, 5.74) is 1.67. The third kappa shape index (κ3) is 2.93. The summed E-state index contributed by atoms with van der Waals surface area (Å²) in [4.78, 5) is 26.9. The Morgan fingerprint density at radius 3 is 2.84 bits per heavy atom. The second-order valence-electron chi connectivity index (χ2n) is 6.99. The highest BCUT2D eigenvalue weighted by atomic mass is 32.1. The van der Waals surface area contributed by atoms with Gasteiger partial charge in [-0.15, -0.1) is 16.4 Å². The first-order valence-electron chi connectivity index (χ1n) is 7.85. The van der Waals surface area contributed by atoms with Gasteiger partial charge in [-0.1, -0.05) is 32.1 Å². The molecule has 0 aliphatic rings. The topological polar surface area (TPSA) is 79.2 Å². The molecule has 0 amide bonds. The van der Waals surface area contributed by atoms with Gasteiger partial charge in [0.05, 0.1) is 24.0 Å². The molecule has 4 rings (SSSR count). The van der Waals surface area contributed by atoms with Crippen molar-refractivity contribution in [2.24, 2.45) is 0 Å². The van der Waals surface area contributed by atoms with Gasteiger partial charge in [0.25, 0.3) is 5.56 Å². The third-order valence-electron chi connectivity index (χ3n) is 3.88. The van der Waals surface area contributed by atoms with Crippen molar-refractivity contribution in [3.63, 3.8) is 0 Å². The molecule has 0 unspecified atom stereocenters. The molecule has 0 radical (unpaired) electrons. The molecular weight excluding hydrogens is 356 g/mol. The lowest BCUT2D eigenvalue weighted by molar-refractivity contribution is 0.572. The van der Waals surface area contributed by atoms with Crippen molar-refractivity contribution >= 4 is 43.0 Å². The van der Waals surface area contributed by atoms with Gasteiger partial charge in [-0.3, -0.25) is 4.79 Å². The van der Waals surface area contributed by atoms with Crippen LogP contribution in [-0.2, 0) is 12.0 Å². The molecule has 0 saturated heterocycles. The fourth-order valence-corrected chi connectivity index (χ4v) is 4.06. The molecule has 7 nitrogen and oxygen atoms in total. The number of fused-ring (bicyclic) bond motifs is 2. The van der Waals surface area contributed by atoms with Crippen LogP contribution in [-0.4, -0.2) is 31.6 Å². The molecule has 0 atom stereocenters. The van der Waals surface area contributed by atoms with Crippen molar-refractivity contribution in [2.75, 3.05) is 11.9 Å². The number of imidazole rings is 1. The molecule has 9 heteroatoms. The van der Waals surface area contributed by atoms with E-state index in [1.54, 1.807) is 0 Å². The number of anilines is 1. The Bertz CT molecular complexity index is 1080. The van der Waals surface area contributed by atoms with Crippen LogP contribution in [0.15, 0.2) is 22.4 Å². The number of thiophene rings is 1. The second-order valence-corrected chi connectivity index (χ2v) is 8.84. The van der Waals surface area contributed by atoms with Crippen molar-refractivity contribution in [1.29, 1.82) is 0 Å². The van der Waals surface area contributed by atoms with Crippen molar-refractivity contribution in [3.8, 4) is 0 Å². The quantitative estimate of drug-likeness (QED) is 0.596. The first-order chi connectivity index (χ1) is 11.8.